The van der Waals surface area contributed by atoms with E-state index >= 15 is 0 Å². The quantitative estimate of drug-likeness (QED) is 0.855. The number of anilines is 1. The summed E-state index contributed by atoms with van der Waals surface area (Å²) in [5, 5.41) is 20.7. The number of ether oxygens (including phenoxy) is 2. The smallest absolute Gasteiger partial charge is 0.335 e. The molecular weight excluding hydrogens is 336 g/mol. The van der Waals surface area contributed by atoms with Crippen LogP contribution in [0.1, 0.15) is 21.5 Å². The fourth-order valence-corrected chi connectivity index (χ4v) is 2.72. The first-order valence-corrected chi connectivity index (χ1v) is 8.02. The molecule has 0 aromatic heterocycles. The Kier molecular flexibility index (Phi) is 4.92. The molecule has 1 aliphatic rings. The minimum Gasteiger partial charge on any atom is -0.496 e. The number of hydrogen-bond donors (Lipinski definition) is 1. The third-order valence-corrected chi connectivity index (χ3v) is 4.04. The summed E-state index contributed by atoms with van der Waals surface area (Å²) in [6.45, 7) is 2.60. The van der Waals surface area contributed by atoms with Gasteiger partial charge < -0.3 is 14.6 Å². The highest BCUT2D eigenvalue weighted by Crippen LogP contribution is 2.33. The fourth-order valence-electron chi connectivity index (χ4n) is 2.72. The van der Waals surface area contributed by atoms with Crippen molar-refractivity contribution in [3.8, 4) is 11.5 Å². The Morgan fingerprint density at radius 2 is 2.04 bits per heavy atom. The molecule has 1 aliphatic heterocycles. The average molecular weight is 356 g/mol. The summed E-state index contributed by atoms with van der Waals surface area (Å²) in [6, 6.07) is 10.5. The van der Waals surface area contributed by atoms with Crippen molar-refractivity contribution < 1.29 is 19.4 Å². The first-order valence-electron chi connectivity index (χ1n) is 8.02. The maximum absolute atomic E-state index is 11.1. The van der Waals surface area contributed by atoms with Crippen molar-refractivity contribution in [3.63, 3.8) is 0 Å². The molecule has 1 heterocycles. The lowest BCUT2D eigenvalue weighted by Gasteiger charge is -2.20. The van der Waals surface area contributed by atoms with E-state index in [4.69, 9.17) is 14.6 Å². The van der Waals surface area contributed by atoms with Gasteiger partial charge in [-0.1, -0.05) is 11.3 Å². The van der Waals surface area contributed by atoms with E-state index in [1.807, 2.05) is 32.2 Å². The number of aromatic carboxylic acids is 1. The second-order valence-electron chi connectivity index (χ2n) is 5.91. The second kappa shape index (κ2) is 7.30. The molecule has 8 heteroatoms. The van der Waals surface area contributed by atoms with Gasteiger partial charge in [-0.15, -0.1) is 0 Å². The van der Waals surface area contributed by atoms with Crippen LogP contribution in [-0.4, -0.2) is 36.9 Å². The molecule has 0 amide bonds. The van der Waals surface area contributed by atoms with Crippen LogP contribution in [-0.2, 0) is 6.61 Å². The largest absolute Gasteiger partial charge is 0.496 e. The molecule has 0 unspecified atom stereocenters. The number of nitrogens with zero attached hydrogens (tertiary/aromatic N) is 4. The Hall–Kier alpha value is -3.29. The number of carboxylic acids is 1. The lowest BCUT2D eigenvalue weighted by Crippen LogP contribution is -2.23. The minimum absolute atomic E-state index is 0.230. The third-order valence-electron chi connectivity index (χ3n) is 4.04. The van der Waals surface area contributed by atoms with Gasteiger partial charge >= 0.3 is 5.97 Å². The predicted octanol–water partition coefficient (Wildman–Crippen LogP) is 3.27. The van der Waals surface area contributed by atoms with E-state index < -0.39 is 5.97 Å². The summed E-state index contributed by atoms with van der Waals surface area (Å²) in [6.07, 6.45) is 0. The highest BCUT2D eigenvalue weighted by molar-refractivity contribution is 5.88. The van der Waals surface area contributed by atoms with Gasteiger partial charge in [0.25, 0.3) is 0 Å². The van der Waals surface area contributed by atoms with Crippen LogP contribution in [0.2, 0.25) is 0 Å². The van der Waals surface area contributed by atoms with Crippen molar-refractivity contribution in [2.75, 3.05) is 25.8 Å². The third kappa shape index (κ3) is 3.53. The molecule has 8 nitrogen and oxygen atoms in total. The van der Waals surface area contributed by atoms with Gasteiger partial charge in [-0.05, 0) is 48.0 Å². The van der Waals surface area contributed by atoms with Crippen molar-refractivity contribution in [2.45, 2.75) is 13.5 Å². The molecule has 0 aliphatic carbocycles. The van der Waals surface area contributed by atoms with Crippen molar-refractivity contribution in [1.29, 1.82) is 0 Å². The molecule has 0 atom stereocenters. The van der Waals surface area contributed by atoms with Crippen LogP contribution in [0.25, 0.3) is 0 Å². The standard InChI is InChI=1S/C18H20N4O4/c1-12-9-13(18(23)24)7-8-16(12)26-10-14-15(5-4-6-17(14)25-3)22-11-21(2)19-20-22/h4-9H,10-11H2,1-3H3,(H,23,24). The van der Waals surface area contributed by atoms with Crippen LogP contribution in [0.4, 0.5) is 5.69 Å². The van der Waals surface area contributed by atoms with E-state index in [0.29, 0.717) is 18.2 Å². The first kappa shape index (κ1) is 17.5. The number of carbonyl (C=O) groups is 1. The van der Waals surface area contributed by atoms with Crippen molar-refractivity contribution in [2.24, 2.45) is 10.4 Å². The van der Waals surface area contributed by atoms with Crippen LogP contribution in [0.15, 0.2) is 46.8 Å². The van der Waals surface area contributed by atoms with Gasteiger partial charge in [0.05, 0.1) is 23.9 Å². The number of hydrogen-bond acceptors (Lipinski definition) is 7. The Bertz CT molecular complexity index is 853. The zero-order chi connectivity index (χ0) is 18.7. The first-order chi connectivity index (χ1) is 12.5. The van der Waals surface area contributed by atoms with Gasteiger partial charge in [-0.3, -0.25) is 5.01 Å². The van der Waals surface area contributed by atoms with E-state index in [0.717, 1.165) is 16.8 Å². The molecule has 0 fully saturated rings. The molecule has 0 saturated carbocycles. The zero-order valence-electron chi connectivity index (χ0n) is 14.8. The van der Waals surface area contributed by atoms with Gasteiger partial charge in [0.2, 0.25) is 0 Å². The van der Waals surface area contributed by atoms with Gasteiger partial charge in [0.1, 0.15) is 24.8 Å². The molecule has 26 heavy (non-hydrogen) atoms. The Morgan fingerprint density at radius 1 is 1.23 bits per heavy atom. The zero-order valence-corrected chi connectivity index (χ0v) is 14.8. The summed E-state index contributed by atoms with van der Waals surface area (Å²) in [5.41, 5.74) is 2.67. The van der Waals surface area contributed by atoms with Crippen molar-refractivity contribution in [1.82, 2.24) is 5.01 Å². The predicted molar refractivity (Wildman–Crippen MR) is 95.4 cm³/mol. The number of carboxylic acid groups (broad SMARTS) is 1. The van der Waals surface area contributed by atoms with Crippen LogP contribution in [0.3, 0.4) is 0 Å². The van der Waals surface area contributed by atoms with Crippen molar-refractivity contribution >= 4 is 11.7 Å². The molecule has 136 valence electrons. The molecule has 2 aromatic rings. The van der Waals surface area contributed by atoms with Gasteiger partial charge in [-0.25, -0.2) is 9.80 Å². The van der Waals surface area contributed by atoms with E-state index in [1.165, 1.54) is 6.07 Å². The van der Waals surface area contributed by atoms with Gasteiger partial charge in [-0.2, -0.15) is 0 Å². The second-order valence-corrected chi connectivity index (χ2v) is 5.91. The van der Waals surface area contributed by atoms with E-state index in [9.17, 15) is 4.79 Å². The summed E-state index contributed by atoms with van der Waals surface area (Å²) in [7, 11) is 3.44. The summed E-state index contributed by atoms with van der Waals surface area (Å²) < 4.78 is 11.4. The minimum atomic E-state index is -0.963. The Morgan fingerprint density at radius 3 is 2.65 bits per heavy atom. The summed E-state index contributed by atoms with van der Waals surface area (Å²) in [5.74, 6) is 0.342. The summed E-state index contributed by atoms with van der Waals surface area (Å²) >= 11 is 0. The molecule has 1 N–H and O–H groups in total. The van der Waals surface area contributed by atoms with Crippen LogP contribution in [0.5, 0.6) is 11.5 Å². The average Bonchev–Trinajstić information content (AvgIpc) is 3.06. The highest BCUT2D eigenvalue weighted by Gasteiger charge is 2.20. The molecule has 0 spiro atoms. The van der Waals surface area contributed by atoms with E-state index in [1.54, 1.807) is 29.3 Å². The monoisotopic (exact) mass is 356 g/mol. The molecule has 2 aromatic carbocycles. The number of benzene rings is 2. The lowest BCUT2D eigenvalue weighted by molar-refractivity contribution is 0.0696. The maximum atomic E-state index is 11.1. The molecule has 0 radical (unpaired) electrons. The normalized spacial score (nSPS) is 13.2. The summed E-state index contributed by atoms with van der Waals surface area (Å²) in [4.78, 5) is 11.1. The van der Waals surface area contributed by atoms with Crippen molar-refractivity contribution in [3.05, 3.63) is 53.1 Å². The van der Waals surface area contributed by atoms with Gasteiger partial charge in [0, 0.05) is 7.05 Å². The number of aryl methyl sites for hydroxylation is 1. The SMILES string of the molecule is COc1cccc(N2CN(C)N=N2)c1COc1ccc(C(=O)O)cc1C. The molecular formula is C18H20N4O4. The van der Waals surface area contributed by atoms with Crippen LogP contribution >= 0.6 is 0 Å². The number of rotatable bonds is 6. The maximum Gasteiger partial charge on any atom is 0.335 e. The van der Waals surface area contributed by atoms with Crippen LogP contribution < -0.4 is 14.5 Å². The topological polar surface area (TPSA) is 87.0 Å². The molecule has 3 rings (SSSR count). The van der Waals surface area contributed by atoms with E-state index in [-0.39, 0.29) is 12.2 Å². The van der Waals surface area contributed by atoms with E-state index in [2.05, 4.69) is 10.4 Å². The number of methoxy groups -OCH3 is 1. The lowest BCUT2D eigenvalue weighted by atomic mass is 10.1. The fraction of sp³-hybridized carbons (Fsp3) is 0.278. The Labute approximate surface area is 151 Å². The molecule has 0 bridgehead atoms. The Balaban J connectivity index is 1.85. The molecule has 0 saturated heterocycles. The highest BCUT2D eigenvalue weighted by atomic mass is 16.5. The van der Waals surface area contributed by atoms with Crippen LogP contribution in [0, 0.1) is 6.92 Å². The van der Waals surface area contributed by atoms with Gasteiger partial charge in [0.15, 0.2) is 0 Å².